The summed E-state index contributed by atoms with van der Waals surface area (Å²) in [5.74, 6) is 6.90. The molecule has 0 aromatic carbocycles. The van der Waals surface area contributed by atoms with Gasteiger partial charge in [0.15, 0.2) is 5.82 Å². The van der Waals surface area contributed by atoms with Crippen molar-refractivity contribution in [2.24, 2.45) is 5.84 Å². The first-order chi connectivity index (χ1) is 9.15. The Hall–Kier alpha value is -1.24. The number of hydrogen-bond donors (Lipinski definition) is 2. The monoisotopic (exact) mass is 265 g/mol. The average molecular weight is 265 g/mol. The van der Waals surface area contributed by atoms with Gasteiger partial charge >= 0.3 is 0 Å². The molecule has 1 aromatic heterocycles. The highest BCUT2D eigenvalue weighted by Gasteiger charge is 2.24. The van der Waals surface area contributed by atoms with Gasteiger partial charge in [0.2, 0.25) is 0 Å². The summed E-state index contributed by atoms with van der Waals surface area (Å²) in [5, 5.41) is 0. The van der Waals surface area contributed by atoms with Crippen LogP contribution in [0.3, 0.4) is 0 Å². The molecule has 6 nitrogen and oxygen atoms in total. The van der Waals surface area contributed by atoms with E-state index in [1.54, 1.807) is 0 Å². The number of aromatic nitrogens is 2. The third kappa shape index (κ3) is 3.20. The molecular formula is C13H23N5O. The fourth-order valence-electron chi connectivity index (χ4n) is 2.31. The van der Waals surface area contributed by atoms with Gasteiger partial charge in [-0.3, -0.25) is 4.90 Å². The van der Waals surface area contributed by atoms with E-state index in [9.17, 15) is 0 Å². The maximum absolute atomic E-state index is 5.80. The van der Waals surface area contributed by atoms with Crippen LogP contribution in [0, 0.1) is 13.8 Å². The van der Waals surface area contributed by atoms with Gasteiger partial charge in [-0.25, -0.2) is 15.8 Å². The minimum Gasteiger partial charge on any atom is -0.368 e. The molecule has 0 aliphatic carbocycles. The summed E-state index contributed by atoms with van der Waals surface area (Å²) >= 11 is 0. The predicted molar refractivity (Wildman–Crippen MR) is 74.7 cm³/mol. The Labute approximate surface area is 114 Å². The molecule has 0 amide bonds. The Bertz CT molecular complexity index is 435. The first kappa shape index (κ1) is 14.2. The van der Waals surface area contributed by atoms with E-state index < -0.39 is 0 Å². The summed E-state index contributed by atoms with van der Waals surface area (Å²) in [6.45, 7) is 9.76. The van der Waals surface area contributed by atoms with Crippen LogP contribution in [-0.4, -0.2) is 41.1 Å². The van der Waals surface area contributed by atoms with Crippen LogP contribution in [-0.2, 0) is 4.74 Å². The van der Waals surface area contributed by atoms with E-state index in [-0.39, 0.29) is 6.10 Å². The second-order valence-corrected chi connectivity index (χ2v) is 4.95. The van der Waals surface area contributed by atoms with Gasteiger partial charge in [0.25, 0.3) is 0 Å². The van der Waals surface area contributed by atoms with Gasteiger partial charge in [-0.2, -0.15) is 0 Å². The summed E-state index contributed by atoms with van der Waals surface area (Å²) in [6.07, 6.45) is 1.09. The third-order valence-corrected chi connectivity index (χ3v) is 3.52. The van der Waals surface area contributed by atoms with E-state index in [2.05, 4.69) is 27.2 Å². The molecule has 1 aliphatic rings. The minimum absolute atomic E-state index is 0.0632. The van der Waals surface area contributed by atoms with Crippen molar-refractivity contribution in [2.75, 3.05) is 31.7 Å². The number of nitrogens with zero attached hydrogens (tertiary/aromatic N) is 3. The maximum Gasteiger partial charge on any atom is 0.161 e. The van der Waals surface area contributed by atoms with Gasteiger partial charge in [-0.05, 0) is 26.8 Å². The molecule has 0 radical (unpaired) electrons. The normalized spacial score (nSPS) is 20.5. The lowest BCUT2D eigenvalue weighted by molar-refractivity contribution is -0.0342. The number of rotatable bonds is 4. The van der Waals surface area contributed by atoms with Gasteiger partial charge in [0, 0.05) is 24.3 Å². The van der Waals surface area contributed by atoms with Crippen molar-refractivity contribution in [1.29, 1.82) is 0 Å². The summed E-state index contributed by atoms with van der Waals surface area (Å²) in [4.78, 5) is 11.4. The molecule has 2 heterocycles. The number of anilines is 1. The van der Waals surface area contributed by atoms with Gasteiger partial charge in [0.1, 0.15) is 11.9 Å². The lowest BCUT2D eigenvalue weighted by atomic mass is 10.2. The quantitative estimate of drug-likeness (QED) is 0.628. The molecule has 1 aromatic rings. The molecule has 1 saturated heterocycles. The summed E-state index contributed by atoms with van der Waals surface area (Å²) in [5.41, 5.74) is 4.55. The van der Waals surface area contributed by atoms with Gasteiger partial charge in [-0.1, -0.05) is 6.92 Å². The second kappa shape index (κ2) is 6.27. The van der Waals surface area contributed by atoms with Crippen molar-refractivity contribution >= 4 is 5.82 Å². The van der Waals surface area contributed by atoms with Gasteiger partial charge in [0.05, 0.1) is 6.61 Å². The minimum atomic E-state index is -0.0632. The molecule has 3 N–H and O–H groups in total. The Kier molecular flexibility index (Phi) is 4.68. The topological polar surface area (TPSA) is 76.3 Å². The van der Waals surface area contributed by atoms with Gasteiger partial charge < -0.3 is 10.2 Å². The van der Waals surface area contributed by atoms with Crippen LogP contribution >= 0.6 is 0 Å². The fraction of sp³-hybridized carbons (Fsp3) is 0.692. The van der Waals surface area contributed by atoms with Crippen LogP contribution in [0.1, 0.15) is 36.5 Å². The molecule has 0 bridgehead atoms. The van der Waals surface area contributed by atoms with Gasteiger partial charge in [-0.15, -0.1) is 0 Å². The number of ether oxygens (including phenoxy) is 1. The first-order valence-electron chi connectivity index (χ1n) is 6.81. The zero-order valence-electron chi connectivity index (χ0n) is 11.9. The summed E-state index contributed by atoms with van der Waals surface area (Å²) < 4.78 is 5.80. The highest BCUT2D eigenvalue weighted by molar-refractivity contribution is 5.44. The highest BCUT2D eigenvalue weighted by atomic mass is 16.5. The molecule has 1 aliphatic heterocycles. The molecule has 1 unspecified atom stereocenters. The standard InChI is InChI=1S/C13H23N5O/c1-4-5-18-6-7-19-11(8-18)13-15-10(3)9(2)12(16-13)17-14/h11H,4-8,14H2,1-3H3,(H,15,16,17). The summed E-state index contributed by atoms with van der Waals surface area (Å²) in [6, 6.07) is 0. The third-order valence-electron chi connectivity index (χ3n) is 3.52. The predicted octanol–water partition coefficient (Wildman–Crippen LogP) is 1.16. The van der Waals surface area contributed by atoms with E-state index in [1.807, 2.05) is 13.8 Å². The Balaban J connectivity index is 2.19. The van der Waals surface area contributed by atoms with Crippen molar-refractivity contribution in [1.82, 2.24) is 14.9 Å². The van der Waals surface area contributed by atoms with Crippen molar-refractivity contribution in [3.63, 3.8) is 0 Å². The van der Waals surface area contributed by atoms with Crippen LogP contribution in [0.5, 0.6) is 0 Å². The Morgan fingerprint density at radius 3 is 2.89 bits per heavy atom. The van der Waals surface area contributed by atoms with Crippen LogP contribution in [0.4, 0.5) is 5.82 Å². The van der Waals surface area contributed by atoms with E-state index in [1.165, 1.54) is 0 Å². The first-order valence-corrected chi connectivity index (χ1v) is 6.81. The molecule has 0 spiro atoms. The highest BCUT2D eigenvalue weighted by Crippen LogP contribution is 2.23. The zero-order valence-corrected chi connectivity index (χ0v) is 11.9. The van der Waals surface area contributed by atoms with Crippen molar-refractivity contribution in [3.8, 4) is 0 Å². The number of nitrogen functional groups attached to an aromatic ring is 1. The molecule has 6 heteroatoms. The number of hydrazine groups is 1. The van der Waals surface area contributed by atoms with Crippen molar-refractivity contribution in [2.45, 2.75) is 33.3 Å². The van der Waals surface area contributed by atoms with E-state index in [4.69, 9.17) is 10.6 Å². The van der Waals surface area contributed by atoms with Crippen LogP contribution < -0.4 is 11.3 Å². The van der Waals surface area contributed by atoms with E-state index in [0.717, 1.165) is 49.7 Å². The largest absolute Gasteiger partial charge is 0.368 e. The van der Waals surface area contributed by atoms with E-state index >= 15 is 0 Å². The zero-order chi connectivity index (χ0) is 13.8. The van der Waals surface area contributed by atoms with E-state index in [0.29, 0.717) is 5.82 Å². The molecule has 0 saturated carbocycles. The Morgan fingerprint density at radius 2 is 2.21 bits per heavy atom. The number of hydrogen-bond acceptors (Lipinski definition) is 6. The SMILES string of the molecule is CCCN1CCOC(c2nc(C)c(C)c(NN)n2)C1. The average Bonchev–Trinajstić information content (AvgIpc) is 2.42. The van der Waals surface area contributed by atoms with Crippen LogP contribution in [0.15, 0.2) is 0 Å². The summed E-state index contributed by atoms with van der Waals surface area (Å²) in [7, 11) is 0. The number of nitrogens with two attached hydrogens (primary N) is 1. The number of nitrogens with one attached hydrogen (secondary N) is 1. The maximum atomic E-state index is 5.80. The number of morpholine rings is 1. The molecule has 19 heavy (non-hydrogen) atoms. The fourth-order valence-corrected chi connectivity index (χ4v) is 2.31. The molecule has 106 valence electrons. The number of aryl methyl sites for hydroxylation is 1. The molecule has 1 atom stereocenters. The lowest BCUT2D eigenvalue weighted by Crippen LogP contribution is -2.39. The van der Waals surface area contributed by atoms with Crippen molar-refractivity contribution < 1.29 is 4.74 Å². The Morgan fingerprint density at radius 1 is 1.42 bits per heavy atom. The van der Waals surface area contributed by atoms with Crippen LogP contribution in [0.25, 0.3) is 0 Å². The molecule has 2 rings (SSSR count). The second-order valence-electron chi connectivity index (χ2n) is 4.95. The molecular weight excluding hydrogens is 242 g/mol. The lowest BCUT2D eigenvalue weighted by Gasteiger charge is -2.32. The molecule has 1 fully saturated rings. The van der Waals surface area contributed by atoms with Crippen molar-refractivity contribution in [3.05, 3.63) is 17.1 Å². The smallest absolute Gasteiger partial charge is 0.161 e. The van der Waals surface area contributed by atoms with Crippen LogP contribution in [0.2, 0.25) is 0 Å².